The van der Waals surface area contributed by atoms with Gasteiger partial charge in [-0.15, -0.1) is 0 Å². The van der Waals surface area contributed by atoms with E-state index in [1.807, 2.05) is 22.7 Å². The van der Waals surface area contributed by atoms with Crippen LogP contribution in [-0.2, 0) is 4.79 Å². The molecule has 3 amide bonds. The highest BCUT2D eigenvalue weighted by molar-refractivity contribution is 7.99. The number of benzene rings is 2. The first kappa shape index (κ1) is 24.3. The zero-order chi connectivity index (χ0) is 23.9. The largest absolute Gasteiger partial charge is 0.356 e. The Morgan fingerprint density at radius 2 is 1.79 bits per heavy atom. The number of thioether (sulfide) groups is 1. The molecule has 1 saturated heterocycles. The van der Waals surface area contributed by atoms with Gasteiger partial charge in [0.15, 0.2) is 0 Å². The van der Waals surface area contributed by atoms with E-state index in [1.165, 1.54) is 5.56 Å². The molecule has 0 bridgehead atoms. The van der Waals surface area contributed by atoms with Crippen LogP contribution in [0.15, 0.2) is 54.6 Å². The lowest BCUT2D eigenvalue weighted by Crippen LogP contribution is -2.47. The fraction of sp³-hybridized carbons (Fsp3) is 0.444. The van der Waals surface area contributed by atoms with E-state index in [2.05, 4.69) is 34.9 Å². The summed E-state index contributed by atoms with van der Waals surface area (Å²) in [6.45, 7) is 1.25. The number of nitrogens with one attached hydrogen (secondary N) is 2. The van der Waals surface area contributed by atoms with Gasteiger partial charge in [-0.3, -0.25) is 14.4 Å². The molecule has 2 N–H and O–H groups in total. The van der Waals surface area contributed by atoms with Crippen molar-refractivity contribution in [2.45, 2.75) is 37.6 Å². The van der Waals surface area contributed by atoms with Gasteiger partial charge in [0.2, 0.25) is 5.91 Å². The molecule has 2 aliphatic rings. The van der Waals surface area contributed by atoms with Crippen molar-refractivity contribution in [1.29, 1.82) is 0 Å². The van der Waals surface area contributed by atoms with Crippen LogP contribution in [-0.4, -0.2) is 60.3 Å². The minimum absolute atomic E-state index is 0.0520. The molecular weight excluding hydrogens is 446 g/mol. The molecule has 180 valence electrons. The number of nitrogens with zero attached hydrogens (tertiary/aromatic N) is 1. The van der Waals surface area contributed by atoms with Crippen LogP contribution in [0.5, 0.6) is 0 Å². The van der Waals surface area contributed by atoms with Crippen molar-refractivity contribution in [2.24, 2.45) is 5.92 Å². The Labute approximate surface area is 205 Å². The third kappa shape index (κ3) is 6.00. The van der Waals surface area contributed by atoms with Gasteiger partial charge >= 0.3 is 0 Å². The van der Waals surface area contributed by atoms with Crippen molar-refractivity contribution in [3.8, 4) is 0 Å². The number of carbonyl (C=O) groups is 3. The molecule has 0 spiro atoms. The normalized spacial score (nSPS) is 21.9. The Morgan fingerprint density at radius 3 is 2.56 bits per heavy atom. The Morgan fingerprint density at radius 1 is 1.03 bits per heavy atom. The summed E-state index contributed by atoms with van der Waals surface area (Å²) in [5, 5.41) is 5.67. The SMILES string of the molecule is CNC(=O)c1cccc(C(=O)N2CCSCC2CCNC(=O)CC2CC(c3ccccc3)C2)c1. The van der Waals surface area contributed by atoms with E-state index < -0.39 is 0 Å². The fourth-order valence-corrected chi connectivity index (χ4v) is 5.99. The van der Waals surface area contributed by atoms with Gasteiger partial charge in [0.1, 0.15) is 0 Å². The summed E-state index contributed by atoms with van der Waals surface area (Å²) in [6.07, 6.45) is 3.47. The summed E-state index contributed by atoms with van der Waals surface area (Å²) < 4.78 is 0. The topological polar surface area (TPSA) is 78.5 Å². The molecule has 1 aliphatic heterocycles. The van der Waals surface area contributed by atoms with Crippen LogP contribution in [0.3, 0.4) is 0 Å². The van der Waals surface area contributed by atoms with E-state index in [9.17, 15) is 14.4 Å². The predicted molar refractivity (Wildman–Crippen MR) is 136 cm³/mol. The lowest BCUT2D eigenvalue weighted by Gasteiger charge is -2.36. The molecule has 6 nitrogen and oxygen atoms in total. The zero-order valence-electron chi connectivity index (χ0n) is 19.7. The van der Waals surface area contributed by atoms with Crippen molar-refractivity contribution < 1.29 is 14.4 Å². The summed E-state index contributed by atoms with van der Waals surface area (Å²) in [7, 11) is 1.58. The number of amides is 3. The van der Waals surface area contributed by atoms with Crippen LogP contribution in [0.25, 0.3) is 0 Å². The molecule has 0 aromatic heterocycles. The molecule has 2 aromatic carbocycles. The third-order valence-corrected chi connectivity index (χ3v) is 7.96. The van der Waals surface area contributed by atoms with Gasteiger partial charge in [-0.25, -0.2) is 0 Å². The maximum atomic E-state index is 13.2. The summed E-state index contributed by atoms with van der Waals surface area (Å²) in [5.41, 5.74) is 2.38. The Balaban J connectivity index is 1.24. The highest BCUT2D eigenvalue weighted by atomic mass is 32.2. The van der Waals surface area contributed by atoms with Crippen LogP contribution >= 0.6 is 11.8 Å². The smallest absolute Gasteiger partial charge is 0.254 e. The van der Waals surface area contributed by atoms with Crippen molar-refractivity contribution in [1.82, 2.24) is 15.5 Å². The van der Waals surface area contributed by atoms with E-state index in [-0.39, 0.29) is 23.8 Å². The summed E-state index contributed by atoms with van der Waals surface area (Å²) >= 11 is 1.84. The first-order valence-electron chi connectivity index (χ1n) is 12.1. The lowest BCUT2D eigenvalue weighted by atomic mass is 9.70. The predicted octanol–water partition coefficient (Wildman–Crippen LogP) is 3.69. The van der Waals surface area contributed by atoms with Gasteiger partial charge < -0.3 is 15.5 Å². The molecule has 4 rings (SSSR count). The maximum absolute atomic E-state index is 13.2. The average Bonchev–Trinajstić information content (AvgIpc) is 2.86. The van der Waals surface area contributed by atoms with Crippen LogP contribution < -0.4 is 10.6 Å². The second kappa shape index (κ2) is 11.6. The molecule has 2 aromatic rings. The number of carbonyl (C=O) groups excluding carboxylic acids is 3. The summed E-state index contributed by atoms with van der Waals surface area (Å²) in [5.74, 6) is 2.65. The van der Waals surface area contributed by atoms with Crippen LogP contribution in [0.1, 0.15) is 57.9 Å². The van der Waals surface area contributed by atoms with Crippen LogP contribution in [0.4, 0.5) is 0 Å². The van der Waals surface area contributed by atoms with E-state index in [4.69, 9.17) is 0 Å². The van der Waals surface area contributed by atoms with Crippen molar-refractivity contribution in [2.75, 3.05) is 31.6 Å². The van der Waals surface area contributed by atoms with Crippen molar-refractivity contribution >= 4 is 29.5 Å². The van der Waals surface area contributed by atoms with Gasteiger partial charge in [-0.2, -0.15) is 11.8 Å². The van der Waals surface area contributed by atoms with Crippen molar-refractivity contribution in [3.63, 3.8) is 0 Å². The van der Waals surface area contributed by atoms with E-state index in [0.29, 0.717) is 42.5 Å². The molecule has 1 atom stereocenters. The molecule has 34 heavy (non-hydrogen) atoms. The van der Waals surface area contributed by atoms with Gasteiger partial charge in [-0.1, -0.05) is 36.4 Å². The Kier molecular flexibility index (Phi) is 8.27. The lowest BCUT2D eigenvalue weighted by molar-refractivity contribution is -0.122. The van der Waals surface area contributed by atoms with Crippen LogP contribution in [0.2, 0.25) is 0 Å². The fourth-order valence-electron chi connectivity index (χ4n) is 4.88. The molecule has 7 heteroatoms. The first-order chi connectivity index (χ1) is 16.5. The average molecular weight is 480 g/mol. The highest BCUT2D eigenvalue weighted by Crippen LogP contribution is 2.43. The molecule has 0 radical (unpaired) electrons. The number of rotatable bonds is 8. The molecule has 1 heterocycles. The van der Waals surface area contributed by atoms with E-state index in [1.54, 1.807) is 31.3 Å². The second-order valence-electron chi connectivity index (χ2n) is 9.18. The maximum Gasteiger partial charge on any atom is 0.254 e. The number of hydrogen-bond donors (Lipinski definition) is 2. The molecule has 1 unspecified atom stereocenters. The van der Waals surface area contributed by atoms with Gasteiger partial charge in [-0.05, 0) is 54.9 Å². The van der Waals surface area contributed by atoms with Gasteiger partial charge in [0.25, 0.3) is 11.8 Å². The first-order valence-corrected chi connectivity index (χ1v) is 13.2. The quantitative estimate of drug-likeness (QED) is 0.605. The molecule has 2 fully saturated rings. The Hall–Kier alpha value is -2.80. The molecular formula is C27H33N3O3S. The van der Waals surface area contributed by atoms with E-state index in [0.717, 1.165) is 30.8 Å². The molecule has 1 saturated carbocycles. The minimum Gasteiger partial charge on any atom is -0.356 e. The standard InChI is InChI=1S/C27H33N3O3S/c1-28-26(32)21-8-5-9-22(17-21)27(33)30-12-13-34-18-24(30)10-11-29-25(31)16-19-14-23(15-19)20-6-3-2-4-7-20/h2-9,17,19,23-24H,10-16,18H2,1H3,(H,28,32)(H,29,31). The Bertz CT molecular complexity index is 1010. The van der Waals surface area contributed by atoms with Crippen molar-refractivity contribution in [3.05, 3.63) is 71.3 Å². The monoisotopic (exact) mass is 479 g/mol. The summed E-state index contributed by atoms with van der Waals surface area (Å²) in [4.78, 5) is 39.5. The zero-order valence-corrected chi connectivity index (χ0v) is 20.5. The summed E-state index contributed by atoms with van der Waals surface area (Å²) in [6, 6.07) is 17.5. The highest BCUT2D eigenvalue weighted by Gasteiger charge is 2.32. The van der Waals surface area contributed by atoms with Gasteiger partial charge in [0, 0.05) is 55.2 Å². The van der Waals surface area contributed by atoms with Gasteiger partial charge in [0.05, 0.1) is 0 Å². The van der Waals surface area contributed by atoms with E-state index >= 15 is 0 Å². The molecule has 1 aliphatic carbocycles. The minimum atomic E-state index is -0.204. The van der Waals surface area contributed by atoms with Crippen LogP contribution in [0, 0.1) is 5.92 Å². The number of hydrogen-bond acceptors (Lipinski definition) is 4. The third-order valence-electron chi connectivity index (χ3n) is 6.87. The second-order valence-corrected chi connectivity index (χ2v) is 10.3.